The fourth-order valence-electron chi connectivity index (χ4n) is 2.52. The van der Waals surface area contributed by atoms with Crippen LogP contribution in [0.4, 0.5) is 4.79 Å². The molecule has 1 aliphatic carbocycles. The Hall–Kier alpha value is -1.30. The van der Waals surface area contributed by atoms with Crippen molar-refractivity contribution in [2.75, 3.05) is 19.6 Å². The lowest BCUT2D eigenvalue weighted by Gasteiger charge is -2.25. The third-order valence-corrected chi connectivity index (χ3v) is 3.44. The van der Waals surface area contributed by atoms with E-state index in [1.807, 2.05) is 0 Å². The molecule has 0 atom stereocenters. The van der Waals surface area contributed by atoms with Crippen molar-refractivity contribution in [2.45, 2.75) is 38.1 Å². The third kappa shape index (κ3) is 2.88. The molecule has 1 saturated heterocycles. The van der Waals surface area contributed by atoms with Gasteiger partial charge in [0.2, 0.25) is 0 Å². The predicted molar refractivity (Wildman–Crippen MR) is 61.3 cm³/mol. The fourth-order valence-corrected chi connectivity index (χ4v) is 2.52. The lowest BCUT2D eigenvalue weighted by molar-refractivity contribution is -0.140. The lowest BCUT2D eigenvalue weighted by atomic mass is 10.2. The molecule has 17 heavy (non-hydrogen) atoms. The van der Waals surface area contributed by atoms with Crippen LogP contribution in [0.1, 0.15) is 32.1 Å². The van der Waals surface area contributed by atoms with Crippen LogP contribution in [0.5, 0.6) is 0 Å². The topological polar surface area (TPSA) is 72.9 Å². The Bertz CT molecular complexity index is 302. The summed E-state index contributed by atoms with van der Waals surface area (Å²) in [6.45, 7) is 1.18. The summed E-state index contributed by atoms with van der Waals surface area (Å²) in [4.78, 5) is 22.8. The summed E-state index contributed by atoms with van der Waals surface area (Å²) in [5.41, 5.74) is 0. The molecule has 0 aromatic heterocycles. The normalized spacial score (nSPS) is 21.2. The van der Waals surface area contributed by atoms with Crippen LogP contribution in [0.25, 0.3) is 0 Å². The van der Waals surface area contributed by atoms with E-state index in [0.29, 0.717) is 19.1 Å². The molecule has 1 heterocycles. The zero-order chi connectivity index (χ0) is 12.3. The maximum atomic E-state index is 11.9. The van der Waals surface area contributed by atoms with E-state index in [1.165, 1.54) is 17.9 Å². The molecule has 96 valence electrons. The Morgan fingerprint density at radius 3 is 2.41 bits per heavy atom. The molecule has 2 aliphatic rings. The first-order chi connectivity index (χ1) is 8.18. The number of rotatable bonds is 3. The van der Waals surface area contributed by atoms with E-state index in [-0.39, 0.29) is 12.5 Å². The number of hydrogen-bond acceptors (Lipinski definition) is 3. The van der Waals surface area contributed by atoms with Crippen molar-refractivity contribution in [3.05, 3.63) is 0 Å². The van der Waals surface area contributed by atoms with Crippen molar-refractivity contribution >= 4 is 12.0 Å². The van der Waals surface area contributed by atoms with E-state index in [0.717, 1.165) is 24.3 Å². The average Bonchev–Trinajstić information content (AvgIpc) is 2.96. The number of carbonyl (C=O) groups is 2. The van der Waals surface area contributed by atoms with Crippen LogP contribution < -0.4 is 5.32 Å². The SMILES string of the molecule is O=C(O)N1CCCN1C(=O)CNC1CCCC1. The number of nitrogens with one attached hydrogen (secondary N) is 1. The maximum absolute atomic E-state index is 11.9. The number of carbonyl (C=O) groups excluding carboxylic acids is 1. The van der Waals surface area contributed by atoms with E-state index in [2.05, 4.69) is 5.32 Å². The second kappa shape index (κ2) is 5.35. The number of hydrazine groups is 1. The molecule has 2 fully saturated rings. The third-order valence-electron chi connectivity index (χ3n) is 3.44. The van der Waals surface area contributed by atoms with E-state index >= 15 is 0 Å². The van der Waals surface area contributed by atoms with Gasteiger partial charge in [-0.05, 0) is 19.3 Å². The highest BCUT2D eigenvalue weighted by Crippen LogP contribution is 2.17. The highest BCUT2D eigenvalue weighted by molar-refractivity contribution is 5.81. The van der Waals surface area contributed by atoms with E-state index in [9.17, 15) is 9.59 Å². The number of carboxylic acid groups (broad SMARTS) is 1. The molecular weight excluding hydrogens is 222 g/mol. The highest BCUT2D eigenvalue weighted by atomic mass is 16.4. The van der Waals surface area contributed by atoms with Crippen molar-refractivity contribution in [2.24, 2.45) is 0 Å². The minimum Gasteiger partial charge on any atom is -0.464 e. The molecular formula is C11H19N3O3. The van der Waals surface area contributed by atoms with Crippen molar-refractivity contribution < 1.29 is 14.7 Å². The molecule has 6 nitrogen and oxygen atoms in total. The van der Waals surface area contributed by atoms with Crippen molar-refractivity contribution in [1.29, 1.82) is 0 Å². The summed E-state index contributed by atoms with van der Waals surface area (Å²) in [6, 6.07) is 0.430. The minimum absolute atomic E-state index is 0.142. The molecule has 0 bridgehead atoms. The number of hydrogen-bond donors (Lipinski definition) is 2. The summed E-state index contributed by atoms with van der Waals surface area (Å²) in [7, 11) is 0. The predicted octanol–water partition coefficient (Wildman–Crippen LogP) is 0.646. The molecule has 2 amide bonds. The minimum atomic E-state index is -1.04. The summed E-state index contributed by atoms with van der Waals surface area (Å²) in [6.07, 6.45) is 4.36. The van der Waals surface area contributed by atoms with Crippen LogP contribution in [0.2, 0.25) is 0 Å². The molecule has 1 saturated carbocycles. The Balaban J connectivity index is 1.80. The number of nitrogens with zero attached hydrogens (tertiary/aromatic N) is 2. The monoisotopic (exact) mass is 241 g/mol. The lowest BCUT2D eigenvalue weighted by Crippen LogP contribution is -2.48. The van der Waals surface area contributed by atoms with Crippen LogP contribution in [-0.2, 0) is 4.79 Å². The van der Waals surface area contributed by atoms with Gasteiger partial charge in [-0.2, -0.15) is 0 Å². The van der Waals surface area contributed by atoms with E-state index in [1.54, 1.807) is 0 Å². The Morgan fingerprint density at radius 2 is 1.76 bits per heavy atom. The van der Waals surface area contributed by atoms with Gasteiger partial charge in [0.1, 0.15) is 0 Å². The highest BCUT2D eigenvalue weighted by Gasteiger charge is 2.30. The molecule has 2 rings (SSSR count). The quantitative estimate of drug-likeness (QED) is 0.760. The fraction of sp³-hybridized carbons (Fsp3) is 0.818. The van der Waals surface area contributed by atoms with Gasteiger partial charge in [0.25, 0.3) is 5.91 Å². The van der Waals surface area contributed by atoms with Crippen LogP contribution in [0, 0.1) is 0 Å². The van der Waals surface area contributed by atoms with Crippen molar-refractivity contribution in [1.82, 2.24) is 15.3 Å². The smallest absolute Gasteiger partial charge is 0.426 e. The van der Waals surface area contributed by atoms with Crippen LogP contribution in [0.3, 0.4) is 0 Å². The van der Waals surface area contributed by atoms with Crippen LogP contribution in [-0.4, -0.2) is 52.8 Å². The number of amides is 2. The van der Waals surface area contributed by atoms with Crippen LogP contribution in [0.15, 0.2) is 0 Å². The van der Waals surface area contributed by atoms with Gasteiger partial charge in [0.15, 0.2) is 0 Å². The van der Waals surface area contributed by atoms with Crippen molar-refractivity contribution in [3.63, 3.8) is 0 Å². The van der Waals surface area contributed by atoms with Crippen LogP contribution >= 0.6 is 0 Å². The van der Waals surface area contributed by atoms with E-state index < -0.39 is 6.09 Å². The zero-order valence-corrected chi connectivity index (χ0v) is 9.89. The largest absolute Gasteiger partial charge is 0.464 e. The Morgan fingerprint density at radius 1 is 1.12 bits per heavy atom. The Kier molecular flexibility index (Phi) is 3.83. The first-order valence-electron chi connectivity index (χ1n) is 6.22. The maximum Gasteiger partial charge on any atom is 0.426 e. The molecule has 0 aromatic carbocycles. The van der Waals surface area contributed by atoms with Gasteiger partial charge >= 0.3 is 6.09 Å². The van der Waals surface area contributed by atoms with E-state index in [4.69, 9.17) is 5.11 Å². The standard InChI is InChI=1S/C11H19N3O3/c15-10(8-12-9-4-1-2-5-9)13-6-3-7-14(13)11(16)17/h9,12H,1-8H2,(H,16,17). The summed E-state index contributed by atoms with van der Waals surface area (Å²) < 4.78 is 0. The molecule has 0 spiro atoms. The first-order valence-corrected chi connectivity index (χ1v) is 6.22. The van der Waals surface area contributed by atoms with Gasteiger partial charge in [-0.15, -0.1) is 0 Å². The van der Waals surface area contributed by atoms with Gasteiger partial charge in [-0.3, -0.25) is 4.79 Å². The summed E-state index contributed by atoms with van der Waals surface area (Å²) in [5, 5.41) is 14.6. The molecule has 1 aliphatic heterocycles. The second-order valence-corrected chi connectivity index (χ2v) is 4.64. The van der Waals surface area contributed by atoms with Gasteiger partial charge in [-0.1, -0.05) is 12.8 Å². The zero-order valence-electron chi connectivity index (χ0n) is 9.89. The van der Waals surface area contributed by atoms with Gasteiger partial charge in [0, 0.05) is 19.1 Å². The molecule has 2 N–H and O–H groups in total. The molecule has 6 heteroatoms. The van der Waals surface area contributed by atoms with Gasteiger partial charge in [-0.25, -0.2) is 14.8 Å². The second-order valence-electron chi connectivity index (χ2n) is 4.64. The molecule has 0 unspecified atom stereocenters. The average molecular weight is 241 g/mol. The van der Waals surface area contributed by atoms with Gasteiger partial charge < -0.3 is 10.4 Å². The summed E-state index contributed by atoms with van der Waals surface area (Å²) in [5.74, 6) is -0.142. The van der Waals surface area contributed by atoms with Crippen molar-refractivity contribution in [3.8, 4) is 0 Å². The summed E-state index contributed by atoms with van der Waals surface area (Å²) >= 11 is 0. The Labute approximate surface area is 101 Å². The molecule has 0 aromatic rings. The van der Waals surface area contributed by atoms with Gasteiger partial charge in [0.05, 0.1) is 6.54 Å². The first kappa shape index (κ1) is 12.2. The molecule has 0 radical (unpaired) electrons.